The van der Waals surface area contributed by atoms with Crippen molar-refractivity contribution in [1.82, 2.24) is 10.3 Å². The minimum Gasteiger partial charge on any atom is -0.378 e. The highest BCUT2D eigenvalue weighted by Gasteiger charge is 2.16. The van der Waals surface area contributed by atoms with Crippen LogP contribution in [0.2, 0.25) is 0 Å². The van der Waals surface area contributed by atoms with Crippen LogP contribution in [-0.4, -0.2) is 37.2 Å². The first-order chi connectivity index (χ1) is 14.0. The number of rotatable bonds is 4. The molecule has 150 valence electrons. The lowest BCUT2D eigenvalue weighted by Crippen LogP contribution is -2.36. The van der Waals surface area contributed by atoms with Crippen molar-refractivity contribution in [2.45, 2.75) is 19.9 Å². The van der Waals surface area contributed by atoms with E-state index >= 15 is 0 Å². The Labute approximate surface area is 169 Å². The Morgan fingerprint density at radius 3 is 2.59 bits per heavy atom. The van der Waals surface area contributed by atoms with E-state index in [1.165, 1.54) is 12.1 Å². The number of carbonyl (C=O) groups is 1. The average molecular weight is 393 g/mol. The Bertz CT molecular complexity index is 1030. The minimum atomic E-state index is -0.344. The van der Waals surface area contributed by atoms with E-state index in [1.807, 2.05) is 19.1 Å². The molecule has 6 heteroatoms. The quantitative estimate of drug-likeness (QED) is 0.728. The fraction of sp³-hybridized carbons (Fsp3) is 0.304. The second-order valence-corrected chi connectivity index (χ2v) is 7.34. The van der Waals surface area contributed by atoms with Gasteiger partial charge in [-0.1, -0.05) is 12.1 Å². The van der Waals surface area contributed by atoms with Crippen LogP contribution in [-0.2, 0) is 4.74 Å². The smallest absolute Gasteiger partial charge is 0.253 e. The lowest BCUT2D eigenvalue weighted by molar-refractivity contribution is 0.0939. The van der Waals surface area contributed by atoms with Gasteiger partial charge < -0.3 is 15.0 Å². The van der Waals surface area contributed by atoms with Gasteiger partial charge in [-0.15, -0.1) is 0 Å². The van der Waals surface area contributed by atoms with Crippen molar-refractivity contribution in [3.05, 3.63) is 71.2 Å². The fourth-order valence-corrected chi connectivity index (χ4v) is 3.63. The molecule has 4 rings (SSSR count). The fourth-order valence-electron chi connectivity index (χ4n) is 3.63. The minimum absolute atomic E-state index is 0.163. The molecule has 1 aromatic heterocycles. The molecule has 0 saturated carbocycles. The van der Waals surface area contributed by atoms with E-state index in [-0.39, 0.29) is 17.8 Å². The summed E-state index contributed by atoms with van der Waals surface area (Å²) in [6.45, 7) is 7.01. The van der Waals surface area contributed by atoms with Gasteiger partial charge in [0.15, 0.2) is 0 Å². The number of carbonyl (C=O) groups excluding carboxylic acids is 1. The van der Waals surface area contributed by atoms with Gasteiger partial charge in [-0.05, 0) is 55.8 Å². The largest absolute Gasteiger partial charge is 0.378 e. The van der Waals surface area contributed by atoms with Crippen LogP contribution in [0.3, 0.4) is 0 Å². The van der Waals surface area contributed by atoms with Gasteiger partial charge in [0.2, 0.25) is 0 Å². The number of hydrogen-bond acceptors (Lipinski definition) is 4. The monoisotopic (exact) mass is 393 g/mol. The van der Waals surface area contributed by atoms with E-state index < -0.39 is 0 Å². The topological polar surface area (TPSA) is 54.5 Å². The SMILES string of the molecule is Cc1nc2ccc(F)cc2cc1C(=O)NC(C)c1ccc(N2CCOCC2)cc1. The summed E-state index contributed by atoms with van der Waals surface area (Å²) in [6.07, 6.45) is 0. The van der Waals surface area contributed by atoms with E-state index in [0.717, 1.165) is 37.6 Å². The summed E-state index contributed by atoms with van der Waals surface area (Å²) in [5, 5.41) is 3.64. The number of morpholine rings is 1. The molecule has 0 radical (unpaired) electrons. The van der Waals surface area contributed by atoms with Crippen molar-refractivity contribution in [2.75, 3.05) is 31.2 Å². The van der Waals surface area contributed by atoms with E-state index in [0.29, 0.717) is 22.2 Å². The number of nitrogens with one attached hydrogen (secondary N) is 1. The van der Waals surface area contributed by atoms with Crippen LogP contribution in [0.5, 0.6) is 0 Å². The number of anilines is 1. The Morgan fingerprint density at radius 1 is 1.14 bits per heavy atom. The van der Waals surface area contributed by atoms with Crippen molar-refractivity contribution in [1.29, 1.82) is 0 Å². The van der Waals surface area contributed by atoms with Crippen LogP contribution in [0.15, 0.2) is 48.5 Å². The molecule has 2 heterocycles. The molecule has 1 N–H and O–H groups in total. The summed E-state index contributed by atoms with van der Waals surface area (Å²) in [6, 6.07) is 14.2. The number of aryl methyl sites for hydroxylation is 1. The number of hydrogen-bond donors (Lipinski definition) is 1. The molecule has 29 heavy (non-hydrogen) atoms. The number of aromatic nitrogens is 1. The molecule has 1 fully saturated rings. The molecule has 2 aromatic carbocycles. The van der Waals surface area contributed by atoms with Gasteiger partial charge in [0, 0.05) is 24.2 Å². The first kappa shape index (κ1) is 19.3. The molecular formula is C23H24FN3O2. The number of pyridine rings is 1. The molecule has 1 saturated heterocycles. The van der Waals surface area contributed by atoms with Crippen molar-refractivity contribution in [2.24, 2.45) is 0 Å². The zero-order valence-electron chi connectivity index (χ0n) is 16.6. The number of benzene rings is 2. The maximum absolute atomic E-state index is 13.5. The number of amides is 1. The Morgan fingerprint density at radius 2 is 1.86 bits per heavy atom. The molecule has 0 bridgehead atoms. The van der Waals surface area contributed by atoms with E-state index in [2.05, 4.69) is 27.3 Å². The lowest BCUT2D eigenvalue weighted by atomic mass is 10.1. The van der Waals surface area contributed by atoms with Gasteiger partial charge in [0.1, 0.15) is 5.82 Å². The summed E-state index contributed by atoms with van der Waals surface area (Å²) < 4.78 is 18.9. The van der Waals surface area contributed by atoms with Crippen molar-refractivity contribution >= 4 is 22.5 Å². The van der Waals surface area contributed by atoms with Crippen LogP contribution >= 0.6 is 0 Å². The third kappa shape index (κ3) is 4.22. The van der Waals surface area contributed by atoms with E-state index in [9.17, 15) is 9.18 Å². The molecule has 1 unspecified atom stereocenters. The first-order valence-corrected chi connectivity index (χ1v) is 9.82. The van der Waals surface area contributed by atoms with Crippen LogP contribution < -0.4 is 10.2 Å². The van der Waals surface area contributed by atoms with Crippen LogP contribution in [0.1, 0.15) is 34.6 Å². The number of nitrogens with zero attached hydrogens (tertiary/aromatic N) is 2. The van der Waals surface area contributed by atoms with Crippen LogP contribution in [0.4, 0.5) is 10.1 Å². The Balaban J connectivity index is 1.49. The number of halogens is 1. The Hall–Kier alpha value is -2.99. The zero-order valence-corrected chi connectivity index (χ0v) is 16.6. The molecule has 5 nitrogen and oxygen atoms in total. The molecule has 0 spiro atoms. The van der Waals surface area contributed by atoms with Gasteiger partial charge in [-0.25, -0.2) is 4.39 Å². The maximum atomic E-state index is 13.5. The van der Waals surface area contributed by atoms with Crippen molar-refractivity contribution in [3.8, 4) is 0 Å². The highest BCUT2D eigenvalue weighted by atomic mass is 19.1. The molecule has 1 aliphatic heterocycles. The molecule has 1 atom stereocenters. The molecule has 3 aromatic rings. The number of ether oxygens (including phenoxy) is 1. The second kappa shape index (κ2) is 8.17. The number of fused-ring (bicyclic) bond motifs is 1. The zero-order chi connectivity index (χ0) is 20.4. The van der Waals surface area contributed by atoms with Gasteiger partial charge in [-0.2, -0.15) is 0 Å². The normalized spacial score (nSPS) is 15.3. The molecule has 1 aliphatic rings. The van der Waals surface area contributed by atoms with Gasteiger partial charge in [0.25, 0.3) is 5.91 Å². The van der Waals surface area contributed by atoms with Crippen molar-refractivity contribution < 1.29 is 13.9 Å². The summed E-state index contributed by atoms with van der Waals surface area (Å²) >= 11 is 0. The van der Waals surface area contributed by atoms with Gasteiger partial charge in [-0.3, -0.25) is 9.78 Å². The predicted molar refractivity (Wildman–Crippen MR) is 112 cm³/mol. The van der Waals surface area contributed by atoms with E-state index in [1.54, 1.807) is 19.1 Å². The Kier molecular flexibility index (Phi) is 5.45. The highest BCUT2D eigenvalue weighted by molar-refractivity contribution is 5.98. The summed E-state index contributed by atoms with van der Waals surface area (Å²) in [4.78, 5) is 19.6. The lowest BCUT2D eigenvalue weighted by Gasteiger charge is -2.29. The van der Waals surface area contributed by atoms with Crippen molar-refractivity contribution in [3.63, 3.8) is 0 Å². The second-order valence-electron chi connectivity index (χ2n) is 7.34. The maximum Gasteiger partial charge on any atom is 0.253 e. The molecule has 1 amide bonds. The van der Waals surface area contributed by atoms with Crippen LogP contribution in [0.25, 0.3) is 10.9 Å². The molecular weight excluding hydrogens is 369 g/mol. The van der Waals surface area contributed by atoms with Gasteiger partial charge in [0.05, 0.1) is 36.0 Å². The molecule has 0 aliphatic carbocycles. The van der Waals surface area contributed by atoms with E-state index in [4.69, 9.17) is 4.74 Å². The van der Waals surface area contributed by atoms with Gasteiger partial charge >= 0.3 is 0 Å². The summed E-state index contributed by atoms with van der Waals surface area (Å²) in [7, 11) is 0. The van der Waals surface area contributed by atoms with Crippen LogP contribution in [0, 0.1) is 12.7 Å². The third-order valence-corrected chi connectivity index (χ3v) is 5.33. The standard InChI is InChI=1S/C23H24FN3O2/c1-15(17-3-6-20(7-4-17)27-9-11-29-12-10-27)26-23(28)21-14-18-13-19(24)5-8-22(18)25-16(21)2/h3-8,13-15H,9-12H2,1-2H3,(H,26,28). The third-order valence-electron chi connectivity index (χ3n) is 5.33. The summed E-state index contributed by atoms with van der Waals surface area (Å²) in [5.41, 5.74) is 3.93. The first-order valence-electron chi connectivity index (χ1n) is 9.82. The predicted octanol–water partition coefficient (Wildman–Crippen LogP) is 4.01. The highest BCUT2D eigenvalue weighted by Crippen LogP contribution is 2.22. The average Bonchev–Trinajstić information content (AvgIpc) is 2.74. The summed E-state index contributed by atoms with van der Waals surface area (Å²) in [5.74, 6) is -0.561.